The zero-order valence-electron chi connectivity index (χ0n) is 6.37. The molecule has 0 saturated heterocycles. The van der Waals surface area contributed by atoms with Crippen molar-refractivity contribution in [2.75, 3.05) is 0 Å². The number of hydrogen-bond donors (Lipinski definition) is 0. The average Bonchev–Trinajstić information content (AvgIpc) is 2.52. The van der Waals surface area contributed by atoms with E-state index in [1.165, 1.54) is 0 Å². The van der Waals surface area contributed by atoms with Crippen molar-refractivity contribution in [3.63, 3.8) is 0 Å². The van der Waals surface area contributed by atoms with E-state index in [-0.39, 0.29) is 0 Å². The summed E-state index contributed by atoms with van der Waals surface area (Å²) in [5.74, 6) is 0.755. The Labute approximate surface area is 96.3 Å². The van der Waals surface area contributed by atoms with Gasteiger partial charge in [0, 0.05) is 6.20 Å². The lowest BCUT2D eigenvalue weighted by Gasteiger charge is -1.94. The molecule has 0 fully saturated rings. The Bertz CT molecular complexity index is 428. The molecule has 13 heavy (non-hydrogen) atoms. The third-order valence-electron chi connectivity index (χ3n) is 1.42. The quantitative estimate of drug-likeness (QED) is 0.748. The van der Waals surface area contributed by atoms with E-state index in [0.29, 0.717) is 0 Å². The predicted molar refractivity (Wildman–Crippen MR) is 60.7 cm³/mol. The predicted octanol–water partition coefficient (Wildman–Crippen LogP) is 3.73. The van der Waals surface area contributed by atoms with E-state index in [2.05, 4.69) is 41.8 Å². The maximum Gasteiger partial charge on any atom is 0.170 e. The van der Waals surface area contributed by atoms with Crippen molar-refractivity contribution >= 4 is 43.2 Å². The van der Waals surface area contributed by atoms with Gasteiger partial charge in [-0.1, -0.05) is 0 Å². The van der Waals surface area contributed by atoms with Crippen molar-refractivity contribution in [2.45, 2.75) is 0 Å². The highest BCUT2D eigenvalue weighted by atomic mass is 79.9. The molecule has 2 rings (SSSR count). The second-order valence-corrected chi connectivity index (χ2v) is 5.58. The standard InChI is InChI=1S/C8H4Br2N2S/c9-6-3-4-11-8(12-6)5-1-2-7(10)13-5/h1-4H. The lowest BCUT2D eigenvalue weighted by molar-refractivity contribution is 1.16. The molecule has 0 spiro atoms. The molecule has 2 nitrogen and oxygen atoms in total. The first-order chi connectivity index (χ1) is 6.25. The van der Waals surface area contributed by atoms with Gasteiger partial charge < -0.3 is 0 Å². The van der Waals surface area contributed by atoms with Crippen molar-refractivity contribution in [3.8, 4) is 10.7 Å². The maximum absolute atomic E-state index is 4.25. The fourth-order valence-electron chi connectivity index (χ4n) is 0.890. The third-order valence-corrected chi connectivity index (χ3v) is 3.48. The van der Waals surface area contributed by atoms with Crippen LogP contribution in [0.5, 0.6) is 0 Å². The second kappa shape index (κ2) is 3.86. The number of hydrogen-bond acceptors (Lipinski definition) is 3. The van der Waals surface area contributed by atoms with Crippen molar-refractivity contribution in [1.29, 1.82) is 0 Å². The van der Waals surface area contributed by atoms with E-state index in [1.54, 1.807) is 17.5 Å². The molecule has 66 valence electrons. The molecule has 2 heterocycles. The van der Waals surface area contributed by atoms with E-state index in [1.807, 2.05) is 18.2 Å². The van der Waals surface area contributed by atoms with Crippen LogP contribution in [0.2, 0.25) is 0 Å². The normalized spacial score (nSPS) is 10.3. The Balaban J connectivity index is 2.46. The Hall–Kier alpha value is -0.260. The summed E-state index contributed by atoms with van der Waals surface area (Å²) in [5, 5.41) is 0. The molecule has 0 N–H and O–H groups in total. The van der Waals surface area contributed by atoms with Gasteiger partial charge in [-0.05, 0) is 50.1 Å². The number of thiophene rings is 1. The molecule has 5 heteroatoms. The van der Waals surface area contributed by atoms with Crippen LogP contribution in [-0.4, -0.2) is 9.97 Å². The first kappa shape index (κ1) is 9.30. The molecule has 0 bridgehead atoms. The summed E-state index contributed by atoms with van der Waals surface area (Å²) in [5.41, 5.74) is 0. The van der Waals surface area contributed by atoms with Crippen LogP contribution >= 0.6 is 43.2 Å². The van der Waals surface area contributed by atoms with E-state index >= 15 is 0 Å². The van der Waals surface area contributed by atoms with Crippen molar-refractivity contribution in [3.05, 3.63) is 32.8 Å². The van der Waals surface area contributed by atoms with Gasteiger partial charge in [-0.3, -0.25) is 0 Å². The van der Waals surface area contributed by atoms with Gasteiger partial charge in [0.25, 0.3) is 0 Å². The number of aromatic nitrogens is 2. The van der Waals surface area contributed by atoms with Gasteiger partial charge in [-0.15, -0.1) is 11.3 Å². The van der Waals surface area contributed by atoms with Gasteiger partial charge in [-0.2, -0.15) is 0 Å². The highest BCUT2D eigenvalue weighted by Crippen LogP contribution is 2.29. The summed E-state index contributed by atoms with van der Waals surface area (Å²) < 4.78 is 1.90. The van der Waals surface area contributed by atoms with Crippen LogP contribution in [-0.2, 0) is 0 Å². The van der Waals surface area contributed by atoms with Crippen LogP contribution in [0.3, 0.4) is 0 Å². The van der Waals surface area contributed by atoms with E-state index < -0.39 is 0 Å². The Morgan fingerprint density at radius 1 is 1.15 bits per heavy atom. The molecular weight excluding hydrogens is 316 g/mol. The van der Waals surface area contributed by atoms with Crippen LogP contribution < -0.4 is 0 Å². The summed E-state index contributed by atoms with van der Waals surface area (Å²) >= 11 is 8.33. The summed E-state index contributed by atoms with van der Waals surface area (Å²) in [4.78, 5) is 9.49. The SMILES string of the molecule is Brc1ccnc(-c2ccc(Br)s2)n1. The molecule has 0 aromatic carbocycles. The van der Waals surface area contributed by atoms with Gasteiger partial charge in [-0.25, -0.2) is 9.97 Å². The van der Waals surface area contributed by atoms with Crippen molar-refractivity contribution in [2.24, 2.45) is 0 Å². The highest BCUT2D eigenvalue weighted by molar-refractivity contribution is 9.11. The van der Waals surface area contributed by atoms with E-state index in [9.17, 15) is 0 Å². The molecule has 0 saturated carbocycles. The second-order valence-electron chi connectivity index (χ2n) is 2.31. The minimum absolute atomic E-state index is 0.755. The van der Waals surface area contributed by atoms with Crippen LogP contribution in [0.25, 0.3) is 10.7 Å². The highest BCUT2D eigenvalue weighted by Gasteiger charge is 2.03. The van der Waals surface area contributed by atoms with Gasteiger partial charge in [0.2, 0.25) is 0 Å². The smallest absolute Gasteiger partial charge is 0.170 e. The fraction of sp³-hybridized carbons (Fsp3) is 0. The lowest BCUT2D eigenvalue weighted by Crippen LogP contribution is -1.84. The summed E-state index contributed by atoms with van der Waals surface area (Å²) in [6, 6.07) is 5.80. The minimum Gasteiger partial charge on any atom is -0.236 e. The van der Waals surface area contributed by atoms with Crippen molar-refractivity contribution in [1.82, 2.24) is 9.97 Å². The van der Waals surface area contributed by atoms with Crippen LogP contribution in [0, 0.1) is 0 Å². The minimum atomic E-state index is 0.755. The fourth-order valence-corrected chi connectivity index (χ4v) is 2.50. The molecular formula is C8H4Br2N2S. The van der Waals surface area contributed by atoms with Crippen LogP contribution in [0.4, 0.5) is 0 Å². The average molecular weight is 320 g/mol. The maximum atomic E-state index is 4.25. The molecule has 2 aromatic rings. The van der Waals surface area contributed by atoms with Gasteiger partial charge in [0.1, 0.15) is 4.60 Å². The third kappa shape index (κ3) is 2.15. The first-order valence-electron chi connectivity index (χ1n) is 3.50. The summed E-state index contributed by atoms with van der Waals surface area (Å²) in [6.07, 6.45) is 1.74. The Morgan fingerprint density at radius 3 is 2.62 bits per heavy atom. The zero-order valence-corrected chi connectivity index (χ0v) is 10.4. The Morgan fingerprint density at radius 2 is 2.00 bits per heavy atom. The van der Waals surface area contributed by atoms with Gasteiger partial charge >= 0.3 is 0 Å². The zero-order chi connectivity index (χ0) is 9.26. The van der Waals surface area contributed by atoms with Gasteiger partial charge in [0.15, 0.2) is 5.82 Å². The number of rotatable bonds is 1. The first-order valence-corrected chi connectivity index (χ1v) is 5.90. The molecule has 0 aliphatic rings. The molecule has 0 unspecified atom stereocenters. The number of halogens is 2. The molecule has 0 atom stereocenters. The molecule has 0 aliphatic carbocycles. The molecule has 0 amide bonds. The topological polar surface area (TPSA) is 25.8 Å². The molecule has 0 aliphatic heterocycles. The Kier molecular flexibility index (Phi) is 2.76. The van der Waals surface area contributed by atoms with E-state index in [0.717, 1.165) is 19.1 Å². The molecule has 0 radical (unpaired) electrons. The lowest BCUT2D eigenvalue weighted by atomic mass is 10.4. The number of nitrogens with zero attached hydrogens (tertiary/aromatic N) is 2. The van der Waals surface area contributed by atoms with Crippen LogP contribution in [0.1, 0.15) is 0 Å². The van der Waals surface area contributed by atoms with Crippen LogP contribution in [0.15, 0.2) is 32.8 Å². The van der Waals surface area contributed by atoms with Gasteiger partial charge in [0.05, 0.1) is 8.66 Å². The summed E-state index contributed by atoms with van der Waals surface area (Å²) in [7, 11) is 0. The molecule has 2 aromatic heterocycles. The van der Waals surface area contributed by atoms with Crippen molar-refractivity contribution < 1.29 is 0 Å². The largest absolute Gasteiger partial charge is 0.236 e. The summed E-state index contributed by atoms with van der Waals surface area (Å²) in [6.45, 7) is 0. The van der Waals surface area contributed by atoms with E-state index in [4.69, 9.17) is 0 Å². The monoisotopic (exact) mass is 318 g/mol.